The molecule has 96 valence electrons. The third-order valence-corrected chi connectivity index (χ3v) is 5.23. The van der Waals surface area contributed by atoms with Gasteiger partial charge in [0.25, 0.3) is 0 Å². The maximum absolute atomic E-state index is 12.8. The van der Waals surface area contributed by atoms with Crippen LogP contribution in [0.3, 0.4) is 0 Å². The predicted molar refractivity (Wildman–Crippen MR) is 64.3 cm³/mol. The highest BCUT2D eigenvalue weighted by Gasteiger charge is 2.38. The Bertz CT molecular complexity index is 383. The van der Waals surface area contributed by atoms with Crippen molar-refractivity contribution in [1.29, 1.82) is 0 Å². The molecular formula is C10H13F3N2S2. The minimum Gasteiger partial charge on any atom is -0.315 e. The van der Waals surface area contributed by atoms with Gasteiger partial charge in [-0.05, 0) is 25.6 Å². The second-order valence-corrected chi connectivity index (χ2v) is 6.28. The largest absolute Gasteiger partial charge is 0.434 e. The van der Waals surface area contributed by atoms with Crippen LogP contribution >= 0.6 is 23.1 Å². The number of thioether (sulfide) groups is 1. The number of aromatic nitrogens is 1. The second-order valence-electron chi connectivity index (χ2n) is 3.85. The van der Waals surface area contributed by atoms with Gasteiger partial charge in [0.2, 0.25) is 0 Å². The minimum atomic E-state index is -4.34. The third-order valence-electron chi connectivity index (χ3n) is 2.52. The molecule has 1 fully saturated rings. The van der Waals surface area contributed by atoms with Gasteiger partial charge in [-0.15, -0.1) is 11.3 Å². The summed E-state index contributed by atoms with van der Waals surface area (Å²) < 4.78 is 38.3. The van der Waals surface area contributed by atoms with Crippen molar-refractivity contribution in [3.05, 3.63) is 15.6 Å². The maximum Gasteiger partial charge on any atom is 0.434 e. The molecule has 2 heterocycles. The highest BCUT2D eigenvalue weighted by atomic mass is 32.2. The van der Waals surface area contributed by atoms with Gasteiger partial charge in [-0.25, -0.2) is 4.98 Å². The Hall–Kier alpha value is -0.270. The van der Waals surface area contributed by atoms with E-state index in [4.69, 9.17) is 0 Å². The van der Waals surface area contributed by atoms with E-state index in [1.165, 1.54) is 11.3 Å². The first-order valence-electron chi connectivity index (χ1n) is 5.35. The SMILES string of the molecule is CNCc1sc(C2CCCS2)nc1C(F)(F)F. The first-order chi connectivity index (χ1) is 8.02. The quantitative estimate of drug-likeness (QED) is 0.919. The van der Waals surface area contributed by atoms with Crippen molar-refractivity contribution in [2.75, 3.05) is 12.8 Å². The molecule has 0 amide bonds. The van der Waals surface area contributed by atoms with Crippen molar-refractivity contribution in [2.45, 2.75) is 30.8 Å². The number of hydrogen-bond acceptors (Lipinski definition) is 4. The van der Waals surface area contributed by atoms with E-state index >= 15 is 0 Å². The molecule has 2 rings (SSSR count). The van der Waals surface area contributed by atoms with Crippen LogP contribution in [-0.2, 0) is 12.7 Å². The van der Waals surface area contributed by atoms with Gasteiger partial charge in [-0.1, -0.05) is 0 Å². The molecule has 0 bridgehead atoms. The van der Waals surface area contributed by atoms with Gasteiger partial charge in [-0.2, -0.15) is 24.9 Å². The van der Waals surface area contributed by atoms with Crippen LogP contribution in [0.2, 0.25) is 0 Å². The lowest BCUT2D eigenvalue weighted by Crippen LogP contribution is -2.12. The van der Waals surface area contributed by atoms with Crippen LogP contribution in [0.25, 0.3) is 0 Å². The van der Waals surface area contributed by atoms with E-state index < -0.39 is 11.9 Å². The fourth-order valence-electron chi connectivity index (χ4n) is 1.78. The van der Waals surface area contributed by atoms with Crippen LogP contribution < -0.4 is 5.32 Å². The van der Waals surface area contributed by atoms with Crippen LogP contribution in [0.5, 0.6) is 0 Å². The van der Waals surface area contributed by atoms with Crippen LogP contribution in [-0.4, -0.2) is 17.8 Å². The van der Waals surface area contributed by atoms with Crippen molar-refractivity contribution in [2.24, 2.45) is 0 Å². The average Bonchev–Trinajstić information content (AvgIpc) is 2.82. The van der Waals surface area contributed by atoms with Gasteiger partial charge in [-0.3, -0.25) is 0 Å². The molecule has 1 aliphatic rings. The summed E-state index contributed by atoms with van der Waals surface area (Å²) in [7, 11) is 1.64. The van der Waals surface area contributed by atoms with Crippen molar-refractivity contribution in [3.8, 4) is 0 Å². The molecule has 0 aromatic carbocycles. The van der Waals surface area contributed by atoms with Crippen molar-refractivity contribution < 1.29 is 13.2 Å². The van der Waals surface area contributed by atoms with Crippen molar-refractivity contribution >= 4 is 23.1 Å². The Balaban J connectivity index is 2.29. The van der Waals surface area contributed by atoms with E-state index in [0.717, 1.165) is 18.6 Å². The molecule has 1 aromatic heterocycles. The lowest BCUT2D eigenvalue weighted by Gasteiger charge is -2.05. The number of alkyl halides is 3. The van der Waals surface area contributed by atoms with Crippen LogP contribution in [0, 0.1) is 0 Å². The highest BCUT2D eigenvalue weighted by molar-refractivity contribution is 7.99. The molecule has 1 unspecified atom stereocenters. The summed E-state index contributed by atoms with van der Waals surface area (Å²) in [6.07, 6.45) is -2.34. The Kier molecular flexibility index (Phi) is 3.99. The Morgan fingerprint density at radius 3 is 2.76 bits per heavy atom. The zero-order valence-corrected chi connectivity index (χ0v) is 10.9. The van der Waals surface area contributed by atoms with E-state index in [9.17, 15) is 13.2 Å². The van der Waals surface area contributed by atoms with Gasteiger partial charge in [0.15, 0.2) is 5.69 Å². The van der Waals surface area contributed by atoms with E-state index in [1.807, 2.05) is 0 Å². The molecule has 0 radical (unpaired) electrons. The van der Waals surface area contributed by atoms with Crippen LogP contribution in [0.1, 0.15) is 33.7 Å². The lowest BCUT2D eigenvalue weighted by atomic mass is 10.2. The Morgan fingerprint density at radius 2 is 2.24 bits per heavy atom. The van der Waals surface area contributed by atoms with Crippen molar-refractivity contribution in [3.63, 3.8) is 0 Å². The number of nitrogens with zero attached hydrogens (tertiary/aromatic N) is 1. The van der Waals surface area contributed by atoms with Crippen molar-refractivity contribution in [1.82, 2.24) is 10.3 Å². The van der Waals surface area contributed by atoms with Gasteiger partial charge in [0.05, 0.1) is 10.1 Å². The maximum atomic E-state index is 12.8. The topological polar surface area (TPSA) is 24.9 Å². The Labute approximate surface area is 106 Å². The fraction of sp³-hybridized carbons (Fsp3) is 0.700. The molecule has 0 saturated carbocycles. The lowest BCUT2D eigenvalue weighted by molar-refractivity contribution is -0.141. The number of rotatable bonds is 3. The monoisotopic (exact) mass is 282 g/mol. The van der Waals surface area contributed by atoms with Crippen LogP contribution in [0.4, 0.5) is 13.2 Å². The van der Waals surface area contributed by atoms with E-state index in [1.54, 1.807) is 18.8 Å². The summed E-state index contributed by atoms with van der Waals surface area (Å²) in [4.78, 5) is 4.11. The fourth-order valence-corrected chi connectivity index (χ4v) is 4.39. The number of hydrogen-bond donors (Lipinski definition) is 1. The normalized spacial score (nSPS) is 21.1. The molecule has 2 nitrogen and oxygen atoms in total. The smallest absolute Gasteiger partial charge is 0.315 e. The zero-order valence-electron chi connectivity index (χ0n) is 9.30. The second kappa shape index (κ2) is 5.16. The summed E-state index contributed by atoms with van der Waals surface area (Å²) in [5.74, 6) is 1.02. The number of thiazole rings is 1. The number of nitrogens with one attached hydrogen (secondary N) is 1. The molecule has 1 aliphatic heterocycles. The van der Waals surface area contributed by atoms with Gasteiger partial charge < -0.3 is 5.32 Å². The molecule has 1 saturated heterocycles. The molecule has 17 heavy (non-hydrogen) atoms. The summed E-state index contributed by atoms with van der Waals surface area (Å²) in [6, 6.07) is 0. The zero-order chi connectivity index (χ0) is 12.5. The van der Waals surface area contributed by atoms with Crippen LogP contribution in [0.15, 0.2) is 0 Å². The summed E-state index contributed by atoms with van der Waals surface area (Å²) in [5, 5.41) is 3.55. The predicted octanol–water partition coefficient (Wildman–Crippen LogP) is 3.45. The molecule has 1 N–H and O–H groups in total. The van der Waals surface area contributed by atoms with Gasteiger partial charge in [0.1, 0.15) is 5.01 Å². The minimum absolute atomic E-state index is 0.159. The molecular weight excluding hydrogens is 269 g/mol. The molecule has 1 aromatic rings. The van der Waals surface area contributed by atoms with E-state index in [0.29, 0.717) is 9.88 Å². The number of halogens is 3. The first kappa shape index (κ1) is 13.2. The van der Waals surface area contributed by atoms with E-state index in [-0.39, 0.29) is 11.8 Å². The highest BCUT2D eigenvalue weighted by Crippen LogP contribution is 2.44. The third kappa shape index (κ3) is 2.95. The van der Waals surface area contributed by atoms with E-state index in [2.05, 4.69) is 10.3 Å². The summed E-state index contributed by atoms with van der Waals surface area (Å²) in [6.45, 7) is 0.226. The first-order valence-corrected chi connectivity index (χ1v) is 7.22. The standard InChI is InChI=1S/C10H13F3N2S2/c1-14-5-7-8(10(11,12)13)15-9(17-7)6-3-2-4-16-6/h6,14H,2-5H2,1H3. The summed E-state index contributed by atoms with van der Waals surface area (Å²) >= 11 is 2.90. The molecule has 1 atom stereocenters. The Morgan fingerprint density at radius 1 is 1.47 bits per heavy atom. The van der Waals surface area contributed by atoms with Gasteiger partial charge in [0, 0.05) is 6.54 Å². The molecule has 0 spiro atoms. The van der Waals surface area contributed by atoms with Gasteiger partial charge >= 0.3 is 6.18 Å². The summed E-state index contributed by atoms with van der Waals surface area (Å²) in [5.41, 5.74) is -0.709. The molecule has 7 heteroatoms. The average molecular weight is 282 g/mol. The molecule has 0 aliphatic carbocycles.